The van der Waals surface area contributed by atoms with Crippen LogP contribution in [0.5, 0.6) is 0 Å². The maximum atomic E-state index is 11.0. The molecular formula is C14H29NO2. The van der Waals surface area contributed by atoms with Gasteiger partial charge in [0.2, 0.25) is 0 Å². The average molecular weight is 243 g/mol. The maximum Gasteiger partial charge on any atom is 0.306 e. The van der Waals surface area contributed by atoms with Gasteiger partial charge < -0.3 is 9.64 Å². The summed E-state index contributed by atoms with van der Waals surface area (Å²) in [4.78, 5) is 13.4. The summed E-state index contributed by atoms with van der Waals surface area (Å²) in [6.07, 6.45) is 8.46. The molecule has 0 amide bonds. The summed E-state index contributed by atoms with van der Waals surface area (Å²) in [7, 11) is 1.45. The lowest BCUT2D eigenvalue weighted by atomic mass is 10.1. The number of ether oxygens (including phenoxy) is 1. The molecule has 0 saturated carbocycles. The minimum absolute atomic E-state index is 0.105. The van der Waals surface area contributed by atoms with Crippen LogP contribution in [0.1, 0.15) is 58.8 Å². The minimum Gasteiger partial charge on any atom is -0.469 e. The molecule has 0 aliphatic rings. The third-order valence-corrected chi connectivity index (χ3v) is 3.13. The zero-order valence-electron chi connectivity index (χ0n) is 11.8. The van der Waals surface area contributed by atoms with E-state index in [0.717, 1.165) is 19.6 Å². The Balaban J connectivity index is 3.44. The molecule has 0 unspecified atom stereocenters. The van der Waals surface area contributed by atoms with E-state index in [2.05, 4.69) is 23.5 Å². The Morgan fingerprint density at radius 3 is 2.24 bits per heavy atom. The van der Waals surface area contributed by atoms with Gasteiger partial charge in [0.1, 0.15) is 0 Å². The van der Waals surface area contributed by atoms with Gasteiger partial charge in [-0.2, -0.15) is 0 Å². The lowest BCUT2D eigenvalue weighted by Gasteiger charge is -2.19. The Labute approximate surface area is 107 Å². The van der Waals surface area contributed by atoms with Crippen LogP contribution in [-0.2, 0) is 9.53 Å². The molecule has 3 heteroatoms. The molecule has 102 valence electrons. The zero-order valence-corrected chi connectivity index (χ0v) is 11.8. The molecule has 0 atom stereocenters. The summed E-state index contributed by atoms with van der Waals surface area (Å²) < 4.78 is 4.65. The smallest absolute Gasteiger partial charge is 0.306 e. The van der Waals surface area contributed by atoms with Crippen molar-refractivity contribution in [2.24, 2.45) is 0 Å². The maximum absolute atomic E-state index is 11.0. The lowest BCUT2D eigenvalue weighted by Crippen LogP contribution is -2.27. The van der Waals surface area contributed by atoms with Gasteiger partial charge in [-0.1, -0.05) is 46.0 Å². The SMILES string of the molecule is CCCCCCCCN(CC)CCC(=O)OC. The normalized spacial score (nSPS) is 10.8. The number of unbranched alkanes of at least 4 members (excludes halogenated alkanes) is 5. The summed E-state index contributed by atoms with van der Waals surface area (Å²) in [5.41, 5.74) is 0. The van der Waals surface area contributed by atoms with E-state index in [1.165, 1.54) is 45.6 Å². The van der Waals surface area contributed by atoms with Crippen LogP contribution in [0.4, 0.5) is 0 Å². The number of methoxy groups -OCH3 is 1. The molecule has 0 radical (unpaired) electrons. The quantitative estimate of drug-likeness (QED) is 0.412. The van der Waals surface area contributed by atoms with Crippen LogP contribution in [0.15, 0.2) is 0 Å². The van der Waals surface area contributed by atoms with Crippen molar-refractivity contribution in [1.82, 2.24) is 4.90 Å². The van der Waals surface area contributed by atoms with E-state index in [-0.39, 0.29) is 5.97 Å². The Bertz CT molecular complexity index is 183. The third kappa shape index (κ3) is 10.3. The van der Waals surface area contributed by atoms with Crippen LogP contribution in [-0.4, -0.2) is 37.6 Å². The van der Waals surface area contributed by atoms with E-state index in [1.54, 1.807) is 0 Å². The van der Waals surface area contributed by atoms with Crippen LogP contribution in [0, 0.1) is 0 Å². The predicted molar refractivity (Wildman–Crippen MR) is 72.1 cm³/mol. The van der Waals surface area contributed by atoms with Crippen molar-refractivity contribution in [3.63, 3.8) is 0 Å². The Morgan fingerprint density at radius 1 is 1.00 bits per heavy atom. The first-order valence-electron chi connectivity index (χ1n) is 7.03. The highest BCUT2D eigenvalue weighted by Gasteiger charge is 2.06. The highest BCUT2D eigenvalue weighted by Crippen LogP contribution is 2.06. The second kappa shape index (κ2) is 11.9. The fourth-order valence-electron chi connectivity index (χ4n) is 1.90. The molecule has 0 aliphatic heterocycles. The molecule has 0 aromatic carbocycles. The molecule has 17 heavy (non-hydrogen) atoms. The Hall–Kier alpha value is -0.570. The number of nitrogens with zero attached hydrogens (tertiary/aromatic N) is 1. The first-order chi connectivity index (χ1) is 8.24. The van der Waals surface area contributed by atoms with Crippen molar-refractivity contribution in [1.29, 1.82) is 0 Å². The average Bonchev–Trinajstić information content (AvgIpc) is 2.36. The van der Waals surface area contributed by atoms with Crippen molar-refractivity contribution in [2.45, 2.75) is 58.8 Å². The van der Waals surface area contributed by atoms with Crippen molar-refractivity contribution >= 4 is 5.97 Å². The van der Waals surface area contributed by atoms with Crippen LogP contribution >= 0.6 is 0 Å². The molecule has 0 bridgehead atoms. The van der Waals surface area contributed by atoms with Crippen molar-refractivity contribution in [3.8, 4) is 0 Å². The summed E-state index contributed by atoms with van der Waals surface area (Å²) >= 11 is 0. The molecule has 0 aromatic rings. The first-order valence-corrected chi connectivity index (χ1v) is 7.03. The van der Waals surface area contributed by atoms with Crippen LogP contribution in [0.25, 0.3) is 0 Å². The second-order valence-electron chi connectivity index (χ2n) is 4.53. The molecule has 0 N–H and O–H groups in total. The standard InChI is InChI=1S/C14H29NO2/c1-4-6-7-8-9-10-12-15(5-2)13-11-14(16)17-3/h4-13H2,1-3H3. The number of hydrogen-bond acceptors (Lipinski definition) is 3. The highest BCUT2D eigenvalue weighted by molar-refractivity contribution is 5.69. The van der Waals surface area contributed by atoms with Gasteiger partial charge in [0, 0.05) is 6.54 Å². The number of carbonyl (C=O) groups is 1. The van der Waals surface area contributed by atoms with E-state index in [4.69, 9.17) is 0 Å². The summed E-state index contributed by atoms with van der Waals surface area (Å²) in [6, 6.07) is 0. The van der Waals surface area contributed by atoms with Gasteiger partial charge in [-0.15, -0.1) is 0 Å². The summed E-state index contributed by atoms with van der Waals surface area (Å²) in [6.45, 7) is 7.35. The first kappa shape index (κ1) is 16.4. The Morgan fingerprint density at radius 2 is 1.65 bits per heavy atom. The van der Waals surface area contributed by atoms with E-state index in [1.807, 2.05) is 0 Å². The van der Waals surface area contributed by atoms with Gasteiger partial charge in [0.05, 0.1) is 13.5 Å². The molecule has 0 rings (SSSR count). The summed E-state index contributed by atoms with van der Waals surface area (Å²) in [5, 5.41) is 0. The topological polar surface area (TPSA) is 29.5 Å². The van der Waals surface area contributed by atoms with Gasteiger partial charge in [0.25, 0.3) is 0 Å². The van der Waals surface area contributed by atoms with Gasteiger partial charge in [0.15, 0.2) is 0 Å². The lowest BCUT2D eigenvalue weighted by molar-refractivity contribution is -0.140. The molecule has 3 nitrogen and oxygen atoms in total. The van der Waals surface area contributed by atoms with Gasteiger partial charge in [-0.05, 0) is 19.5 Å². The van der Waals surface area contributed by atoms with Crippen molar-refractivity contribution in [2.75, 3.05) is 26.7 Å². The van der Waals surface area contributed by atoms with Crippen LogP contribution in [0.3, 0.4) is 0 Å². The minimum atomic E-state index is -0.105. The number of carbonyl (C=O) groups excluding carboxylic acids is 1. The molecule has 0 fully saturated rings. The van der Waals surface area contributed by atoms with Crippen LogP contribution in [0.2, 0.25) is 0 Å². The fourth-order valence-corrected chi connectivity index (χ4v) is 1.90. The molecule has 0 heterocycles. The second-order valence-corrected chi connectivity index (χ2v) is 4.53. The monoisotopic (exact) mass is 243 g/mol. The summed E-state index contributed by atoms with van der Waals surface area (Å²) in [5.74, 6) is -0.105. The molecule has 0 spiro atoms. The van der Waals surface area contributed by atoms with Gasteiger partial charge in [-0.25, -0.2) is 0 Å². The fraction of sp³-hybridized carbons (Fsp3) is 0.929. The van der Waals surface area contributed by atoms with E-state index < -0.39 is 0 Å². The van der Waals surface area contributed by atoms with Crippen LogP contribution < -0.4 is 0 Å². The molecule has 0 aliphatic carbocycles. The predicted octanol–water partition coefficient (Wildman–Crippen LogP) is 3.23. The van der Waals surface area contributed by atoms with E-state index >= 15 is 0 Å². The zero-order chi connectivity index (χ0) is 12.9. The van der Waals surface area contributed by atoms with E-state index in [0.29, 0.717) is 6.42 Å². The van der Waals surface area contributed by atoms with Crippen molar-refractivity contribution in [3.05, 3.63) is 0 Å². The van der Waals surface area contributed by atoms with Gasteiger partial charge in [-0.3, -0.25) is 4.79 Å². The Kier molecular flexibility index (Phi) is 11.5. The molecular weight excluding hydrogens is 214 g/mol. The number of esters is 1. The van der Waals surface area contributed by atoms with E-state index in [9.17, 15) is 4.79 Å². The largest absolute Gasteiger partial charge is 0.469 e. The molecule has 0 saturated heterocycles. The number of rotatable bonds is 11. The third-order valence-electron chi connectivity index (χ3n) is 3.13. The number of hydrogen-bond donors (Lipinski definition) is 0. The van der Waals surface area contributed by atoms with Crippen molar-refractivity contribution < 1.29 is 9.53 Å². The molecule has 0 aromatic heterocycles. The highest BCUT2D eigenvalue weighted by atomic mass is 16.5. The van der Waals surface area contributed by atoms with Gasteiger partial charge >= 0.3 is 5.97 Å².